The molecule has 3 heterocycles. The molecule has 0 aliphatic carbocycles. The second kappa shape index (κ2) is 12.1. The Balaban J connectivity index is 1.53. The average molecular weight is 557 g/mol. The van der Waals surface area contributed by atoms with Gasteiger partial charge in [-0.05, 0) is 43.4 Å². The molecule has 13 heteroatoms. The Bertz CT molecular complexity index is 1450. The molecule has 13 nitrogen and oxygen atoms in total. The Kier molecular flexibility index (Phi) is 8.61. The van der Waals surface area contributed by atoms with Crippen molar-refractivity contribution in [1.29, 1.82) is 0 Å². The van der Waals surface area contributed by atoms with Crippen LogP contribution in [0.25, 0.3) is 10.9 Å². The zero-order valence-corrected chi connectivity index (χ0v) is 22.6. The van der Waals surface area contributed by atoms with Crippen molar-refractivity contribution >= 4 is 34.7 Å². The number of benzene rings is 1. The second-order valence-corrected chi connectivity index (χ2v) is 9.99. The number of rotatable bonds is 10. The molecule has 4 rings (SSSR count). The number of likely N-dealkylation sites (tertiary alicyclic amines) is 1. The molecule has 1 saturated heterocycles. The van der Waals surface area contributed by atoms with Crippen LogP contribution in [0.1, 0.15) is 55.4 Å². The molecule has 40 heavy (non-hydrogen) atoms. The van der Waals surface area contributed by atoms with Gasteiger partial charge in [-0.2, -0.15) is 0 Å². The lowest BCUT2D eigenvalue weighted by Gasteiger charge is -2.24. The Morgan fingerprint density at radius 2 is 1.95 bits per heavy atom. The normalized spacial score (nSPS) is 16.7. The first-order chi connectivity index (χ1) is 19.1. The number of methoxy groups -OCH3 is 2. The maximum Gasteiger partial charge on any atom is 0.518 e. The van der Waals surface area contributed by atoms with Gasteiger partial charge in [0.25, 0.3) is 5.91 Å². The molecule has 1 aromatic carbocycles. The van der Waals surface area contributed by atoms with Crippen molar-refractivity contribution in [2.45, 2.75) is 45.2 Å². The molecule has 3 aromatic rings. The number of H-pyrrole nitrogens is 1. The summed E-state index contributed by atoms with van der Waals surface area (Å²) in [6, 6.07) is 5.14. The molecule has 0 bridgehead atoms. The van der Waals surface area contributed by atoms with E-state index in [0.717, 1.165) is 16.5 Å². The molecule has 1 fully saturated rings. The SMILES string of the molecule is COC(=O)N1CC[C@@H](C[C@H](NC(=O)[C@H](CC(C)C)NC(=O)c2cc3c(OC)cccc3[nH]2)c2coc(=O)o2)C1=O. The lowest BCUT2D eigenvalue weighted by molar-refractivity contribution is -0.130. The number of nitrogens with one attached hydrogen (secondary N) is 3. The molecule has 0 saturated carbocycles. The number of carbonyl (C=O) groups is 4. The van der Waals surface area contributed by atoms with E-state index in [1.54, 1.807) is 18.2 Å². The smallest absolute Gasteiger partial charge is 0.496 e. The van der Waals surface area contributed by atoms with Crippen molar-refractivity contribution in [3.63, 3.8) is 0 Å². The number of fused-ring (bicyclic) bond motifs is 1. The third-order valence-corrected chi connectivity index (χ3v) is 6.78. The number of carbonyl (C=O) groups excluding carboxylic acids is 4. The zero-order chi connectivity index (χ0) is 29.0. The van der Waals surface area contributed by atoms with E-state index < -0.39 is 47.6 Å². The molecule has 0 spiro atoms. The van der Waals surface area contributed by atoms with Crippen LogP contribution < -0.4 is 21.2 Å². The number of aromatic nitrogens is 1. The minimum Gasteiger partial charge on any atom is -0.496 e. The number of hydrogen-bond donors (Lipinski definition) is 3. The van der Waals surface area contributed by atoms with E-state index in [-0.39, 0.29) is 30.3 Å². The highest BCUT2D eigenvalue weighted by Gasteiger charge is 2.39. The van der Waals surface area contributed by atoms with Crippen molar-refractivity contribution < 1.29 is 37.5 Å². The van der Waals surface area contributed by atoms with E-state index in [1.165, 1.54) is 14.2 Å². The van der Waals surface area contributed by atoms with Crippen LogP contribution in [0.15, 0.2) is 44.2 Å². The summed E-state index contributed by atoms with van der Waals surface area (Å²) in [6.45, 7) is 3.98. The van der Waals surface area contributed by atoms with Crippen LogP contribution in [0.5, 0.6) is 5.75 Å². The lowest BCUT2D eigenvalue weighted by atomic mass is 9.96. The molecule has 214 valence electrons. The number of hydrogen-bond acceptors (Lipinski definition) is 9. The fraction of sp³-hybridized carbons (Fsp3) is 0.444. The minimum absolute atomic E-state index is 0.0139. The summed E-state index contributed by atoms with van der Waals surface area (Å²) in [4.78, 5) is 67.0. The molecule has 3 atom stereocenters. The predicted molar refractivity (Wildman–Crippen MR) is 141 cm³/mol. The topological polar surface area (TPSA) is 173 Å². The summed E-state index contributed by atoms with van der Waals surface area (Å²) in [5.74, 6) is -2.47. The summed E-state index contributed by atoms with van der Waals surface area (Å²) in [6.07, 6.45) is 0.973. The van der Waals surface area contributed by atoms with Gasteiger partial charge in [0.05, 0.1) is 20.3 Å². The summed E-state index contributed by atoms with van der Waals surface area (Å²) in [7, 11) is 2.72. The van der Waals surface area contributed by atoms with Crippen molar-refractivity contribution in [2.24, 2.45) is 11.8 Å². The second-order valence-electron chi connectivity index (χ2n) is 9.99. The van der Waals surface area contributed by atoms with Gasteiger partial charge in [0, 0.05) is 23.4 Å². The maximum absolute atomic E-state index is 13.5. The van der Waals surface area contributed by atoms with E-state index in [2.05, 4.69) is 20.4 Å². The monoisotopic (exact) mass is 556 g/mol. The van der Waals surface area contributed by atoms with Crippen LogP contribution in [-0.4, -0.2) is 60.5 Å². The molecular formula is C27H32N4O9. The molecular weight excluding hydrogens is 524 g/mol. The van der Waals surface area contributed by atoms with Crippen molar-refractivity contribution in [3.05, 3.63) is 52.6 Å². The Morgan fingerprint density at radius 1 is 1.18 bits per heavy atom. The van der Waals surface area contributed by atoms with Crippen LogP contribution in [0, 0.1) is 11.8 Å². The number of ether oxygens (including phenoxy) is 2. The van der Waals surface area contributed by atoms with Crippen LogP contribution in [0.2, 0.25) is 0 Å². The number of amides is 4. The zero-order valence-electron chi connectivity index (χ0n) is 22.6. The first kappa shape index (κ1) is 28.5. The highest BCUT2D eigenvalue weighted by atomic mass is 16.6. The molecule has 4 amide bonds. The summed E-state index contributed by atoms with van der Waals surface area (Å²) >= 11 is 0. The number of nitrogens with zero attached hydrogens (tertiary/aromatic N) is 1. The summed E-state index contributed by atoms with van der Waals surface area (Å²) in [5, 5.41) is 6.30. The van der Waals surface area contributed by atoms with Gasteiger partial charge in [-0.1, -0.05) is 19.9 Å². The molecule has 1 aliphatic heterocycles. The van der Waals surface area contributed by atoms with Gasteiger partial charge >= 0.3 is 11.9 Å². The fourth-order valence-electron chi connectivity index (χ4n) is 4.82. The highest BCUT2D eigenvalue weighted by molar-refractivity contribution is 6.01. The predicted octanol–water partition coefficient (Wildman–Crippen LogP) is 2.73. The van der Waals surface area contributed by atoms with Crippen LogP contribution in [0.3, 0.4) is 0 Å². The van der Waals surface area contributed by atoms with E-state index >= 15 is 0 Å². The third-order valence-electron chi connectivity index (χ3n) is 6.78. The van der Waals surface area contributed by atoms with Gasteiger partial charge < -0.3 is 33.9 Å². The van der Waals surface area contributed by atoms with E-state index in [9.17, 15) is 24.0 Å². The van der Waals surface area contributed by atoms with E-state index in [0.29, 0.717) is 24.1 Å². The first-order valence-electron chi connectivity index (χ1n) is 12.9. The van der Waals surface area contributed by atoms with Gasteiger partial charge in [-0.15, -0.1) is 0 Å². The summed E-state index contributed by atoms with van der Waals surface area (Å²) in [5.41, 5.74) is 0.949. The molecule has 0 radical (unpaired) electrons. The first-order valence-corrected chi connectivity index (χ1v) is 12.9. The molecule has 0 unspecified atom stereocenters. The molecule has 3 N–H and O–H groups in total. The average Bonchev–Trinajstić information content (AvgIpc) is 3.65. The van der Waals surface area contributed by atoms with Gasteiger partial charge in [0.1, 0.15) is 23.7 Å². The van der Waals surface area contributed by atoms with Crippen molar-refractivity contribution in [2.75, 3.05) is 20.8 Å². The van der Waals surface area contributed by atoms with Gasteiger partial charge in [0.15, 0.2) is 5.76 Å². The largest absolute Gasteiger partial charge is 0.518 e. The standard InChI is InChI=1S/C27H32N4O9/c1-14(2)10-19(30-24(33)20-12-16-17(28-20)6-5-7-21(16)37-3)23(32)29-18(22-13-39-27(36)40-22)11-15-8-9-31(25(15)34)26(35)38-4/h5-7,12-15,18-19,28H,8-11H2,1-4H3,(H,29,32)(H,30,33)/t15-,18-,19-/m0/s1. The third kappa shape index (κ3) is 6.19. The Hall–Kier alpha value is -4.55. The molecule has 1 aliphatic rings. The van der Waals surface area contributed by atoms with Gasteiger partial charge in [-0.3, -0.25) is 14.4 Å². The van der Waals surface area contributed by atoms with Crippen LogP contribution >= 0.6 is 0 Å². The number of aromatic amines is 1. The summed E-state index contributed by atoms with van der Waals surface area (Å²) < 4.78 is 19.9. The Morgan fingerprint density at radius 3 is 2.60 bits per heavy atom. The minimum atomic E-state index is -0.968. The van der Waals surface area contributed by atoms with Crippen LogP contribution in [0.4, 0.5) is 4.79 Å². The van der Waals surface area contributed by atoms with Crippen molar-refractivity contribution in [1.82, 2.24) is 20.5 Å². The Labute approximate surface area is 229 Å². The molecule has 2 aromatic heterocycles. The maximum atomic E-state index is 13.5. The van der Waals surface area contributed by atoms with E-state index in [1.807, 2.05) is 19.9 Å². The van der Waals surface area contributed by atoms with Crippen LogP contribution in [-0.2, 0) is 14.3 Å². The van der Waals surface area contributed by atoms with E-state index in [4.69, 9.17) is 13.6 Å². The quantitative estimate of drug-likeness (QED) is 0.339. The highest BCUT2D eigenvalue weighted by Crippen LogP contribution is 2.30. The fourth-order valence-corrected chi connectivity index (χ4v) is 4.82. The van der Waals surface area contributed by atoms with Crippen molar-refractivity contribution in [3.8, 4) is 5.75 Å². The number of imide groups is 1. The van der Waals surface area contributed by atoms with Gasteiger partial charge in [0.2, 0.25) is 11.8 Å². The lowest BCUT2D eigenvalue weighted by Crippen LogP contribution is -2.48. The van der Waals surface area contributed by atoms with Gasteiger partial charge in [-0.25, -0.2) is 14.5 Å².